The highest BCUT2D eigenvalue weighted by molar-refractivity contribution is 14.1. The van der Waals surface area contributed by atoms with Crippen LogP contribution in [0.15, 0.2) is 14.9 Å². The molecule has 8 heavy (non-hydrogen) atoms. The van der Waals surface area contributed by atoms with Crippen LogP contribution in [-0.4, -0.2) is 6.21 Å². The molecule has 46 valence electrons. The molecule has 0 radical (unpaired) electrons. The van der Waals surface area contributed by atoms with Crippen LogP contribution in [0.5, 0.6) is 0 Å². The van der Waals surface area contributed by atoms with E-state index in [-0.39, 0.29) is 0 Å². The minimum Gasteiger partial charge on any atom is -0.393 e. The minimum absolute atomic E-state index is 0.715. The Hall–Kier alpha value is -0.0600. The molecule has 0 heterocycles. The molecule has 0 fully saturated rings. The third-order valence-corrected chi connectivity index (χ3v) is 0.764. The zero-order valence-corrected chi connectivity index (χ0v) is 6.92. The Morgan fingerprint density at radius 2 is 2.50 bits per heavy atom. The first kappa shape index (κ1) is 7.94. The summed E-state index contributed by atoms with van der Waals surface area (Å²) in [5.41, 5.74) is 5.27. The summed E-state index contributed by atoms with van der Waals surface area (Å²) in [6.45, 7) is 2.03. The molecule has 3 heteroatoms. The van der Waals surface area contributed by atoms with Gasteiger partial charge < -0.3 is 5.73 Å². The summed E-state index contributed by atoms with van der Waals surface area (Å²) in [5.74, 6) is 0. The predicted octanol–water partition coefficient (Wildman–Crippen LogP) is 1.66. The van der Waals surface area contributed by atoms with E-state index in [2.05, 4.69) is 4.99 Å². The van der Waals surface area contributed by atoms with Gasteiger partial charge in [0.2, 0.25) is 0 Å². The number of rotatable bonds is 2. The van der Waals surface area contributed by atoms with Crippen LogP contribution in [0.4, 0.5) is 0 Å². The molecule has 0 bridgehead atoms. The predicted molar refractivity (Wildman–Crippen MR) is 45.1 cm³/mol. The largest absolute Gasteiger partial charge is 0.393 e. The van der Waals surface area contributed by atoms with E-state index in [9.17, 15) is 0 Å². The molecule has 0 saturated carbocycles. The number of nitrogens with two attached hydrogens (primary N) is 1. The zero-order valence-electron chi connectivity index (χ0n) is 4.76. The maximum Gasteiger partial charge on any atom is 0.0891 e. The molecule has 0 aliphatic rings. The van der Waals surface area contributed by atoms with Crippen molar-refractivity contribution in [3.05, 3.63) is 9.90 Å². The van der Waals surface area contributed by atoms with Gasteiger partial charge in [0, 0.05) is 6.21 Å². The van der Waals surface area contributed by atoms with Crippen molar-refractivity contribution in [2.75, 3.05) is 0 Å². The standard InChI is InChI=1S/C5H9IN2/c1-2-3-8-4-5(6)7/h3-4H,2,7H2,1H3/b5-4-,8-3?. The van der Waals surface area contributed by atoms with Crippen molar-refractivity contribution in [2.45, 2.75) is 13.3 Å². The summed E-state index contributed by atoms with van der Waals surface area (Å²) in [5, 5.41) is 0. The van der Waals surface area contributed by atoms with Crippen LogP contribution in [0.25, 0.3) is 0 Å². The van der Waals surface area contributed by atoms with Crippen LogP contribution >= 0.6 is 22.6 Å². The molecule has 0 spiro atoms. The molecule has 0 aliphatic heterocycles. The van der Waals surface area contributed by atoms with Gasteiger partial charge in [-0.25, -0.2) is 0 Å². The second-order valence-corrected chi connectivity index (χ2v) is 2.50. The first-order valence-corrected chi connectivity index (χ1v) is 3.48. The van der Waals surface area contributed by atoms with E-state index < -0.39 is 0 Å². The van der Waals surface area contributed by atoms with Crippen LogP contribution in [0, 0.1) is 0 Å². The van der Waals surface area contributed by atoms with E-state index in [1.165, 1.54) is 0 Å². The SMILES string of the molecule is CCC=N/C=C(\N)I. The van der Waals surface area contributed by atoms with Crippen molar-refractivity contribution >= 4 is 28.8 Å². The topological polar surface area (TPSA) is 38.4 Å². The molecule has 0 unspecified atom stereocenters. The molecule has 0 saturated heterocycles. The molecule has 2 nitrogen and oxygen atoms in total. The van der Waals surface area contributed by atoms with Gasteiger partial charge in [0.15, 0.2) is 0 Å². The molecule has 0 aromatic rings. The molecule has 0 aromatic carbocycles. The Morgan fingerprint density at radius 1 is 1.88 bits per heavy atom. The lowest BCUT2D eigenvalue weighted by Crippen LogP contribution is -1.83. The van der Waals surface area contributed by atoms with Gasteiger partial charge >= 0.3 is 0 Å². The second-order valence-electron chi connectivity index (χ2n) is 1.25. The van der Waals surface area contributed by atoms with E-state index in [1.807, 2.05) is 35.7 Å². The van der Waals surface area contributed by atoms with Crippen molar-refractivity contribution in [1.82, 2.24) is 0 Å². The fourth-order valence-electron chi connectivity index (χ4n) is 0.229. The quantitative estimate of drug-likeness (QED) is 0.432. The minimum atomic E-state index is 0.715. The van der Waals surface area contributed by atoms with Crippen molar-refractivity contribution in [3.63, 3.8) is 0 Å². The highest BCUT2D eigenvalue weighted by Gasteiger charge is 1.70. The Balaban J connectivity index is 3.42. The summed E-state index contributed by atoms with van der Waals surface area (Å²) in [6, 6.07) is 0. The lowest BCUT2D eigenvalue weighted by Gasteiger charge is -1.79. The van der Waals surface area contributed by atoms with E-state index in [0.29, 0.717) is 3.70 Å². The molecule has 0 aliphatic carbocycles. The van der Waals surface area contributed by atoms with Crippen LogP contribution in [-0.2, 0) is 0 Å². The number of nitrogens with zero attached hydrogens (tertiary/aromatic N) is 1. The maximum atomic E-state index is 5.27. The van der Waals surface area contributed by atoms with Crippen molar-refractivity contribution in [2.24, 2.45) is 10.7 Å². The lowest BCUT2D eigenvalue weighted by atomic mass is 10.5. The number of aliphatic imine (C=N–C) groups is 1. The summed E-state index contributed by atoms with van der Waals surface area (Å²) < 4.78 is 0.715. The Morgan fingerprint density at radius 3 is 2.88 bits per heavy atom. The van der Waals surface area contributed by atoms with Crippen molar-refractivity contribution in [3.8, 4) is 0 Å². The van der Waals surface area contributed by atoms with Crippen LogP contribution in [0.1, 0.15) is 13.3 Å². The molecule has 2 N–H and O–H groups in total. The van der Waals surface area contributed by atoms with Crippen molar-refractivity contribution < 1.29 is 0 Å². The normalized spacial score (nSPS) is 13.0. The molecule has 0 amide bonds. The third kappa shape index (κ3) is 5.94. The Labute approximate surface area is 63.0 Å². The Kier molecular flexibility index (Phi) is 5.05. The molecule has 0 atom stereocenters. The molecular formula is C5H9IN2. The van der Waals surface area contributed by atoms with E-state index in [1.54, 1.807) is 6.20 Å². The molecule has 0 aromatic heterocycles. The number of hydrogen-bond acceptors (Lipinski definition) is 2. The van der Waals surface area contributed by atoms with E-state index in [0.717, 1.165) is 6.42 Å². The fraction of sp³-hybridized carbons (Fsp3) is 0.400. The van der Waals surface area contributed by atoms with Gasteiger partial charge in [-0.2, -0.15) is 0 Å². The monoisotopic (exact) mass is 224 g/mol. The summed E-state index contributed by atoms with van der Waals surface area (Å²) in [4.78, 5) is 3.87. The zero-order chi connectivity index (χ0) is 6.41. The van der Waals surface area contributed by atoms with E-state index in [4.69, 9.17) is 5.73 Å². The summed E-state index contributed by atoms with van der Waals surface area (Å²) in [6.07, 6.45) is 4.40. The lowest BCUT2D eigenvalue weighted by molar-refractivity contribution is 1.31. The number of hydrogen-bond donors (Lipinski definition) is 1. The van der Waals surface area contributed by atoms with Crippen LogP contribution < -0.4 is 5.73 Å². The van der Waals surface area contributed by atoms with E-state index >= 15 is 0 Å². The third-order valence-electron chi connectivity index (χ3n) is 0.486. The first-order valence-electron chi connectivity index (χ1n) is 2.40. The summed E-state index contributed by atoms with van der Waals surface area (Å²) >= 11 is 2.01. The highest BCUT2D eigenvalue weighted by Crippen LogP contribution is 1.93. The first-order chi connectivity index (χ1) is 3.77. The van der Waals surface area contributed by atoms with Crippen LogP contribution in [0.2, 0.25) is 0 Å². The van der Waals surface area contributed by atoms with Gasteiger partial charge in [0.05, 0.1) is 9.90 Å². The van der Waals surface area contributed by atoms with Crippen molar-refractivity contribution in [1.29, 1.82) is 0 Å². The molecule has 0 rings (SSSR count). The average molecular weight is 224 g/mol. The van der Waals surface area contributed by atoms with Gasteiger partial charge in [0.25, 0.3) is 0 Å². The van der Waals surface area contributed by atoms with Gasteiger partial charge in [0.1, 0.15) is 0 Å². The number of halogens is 1. The highest BCUT2D eigenvalue weighted by atomic mass is 127. The smallest absolute Gasteiger partial charge is 0.0891 e. The van der Waals surface area contributed by atoms with Crippen LogP contribution in [0.3, 0.4) is 0 Å². The van der Waals surface area contributed by atoms with Gasteiger partial charge in [-0.05, 0) is 29.0 Å². The summed E-state index contributed by atoms with van der Waals surface area (Å²) in [7, 11) is 0. The van der Waals surface area contributed by atoms with Gasteiger partial charge in [-0.3, -0.25) is 4.99 Å². The van der Waals surface area contributed by atoms with Gasteiger partial charge in [-0.1, -0.05) is 6.92 Å². The molecular weight excluding hydrogens is 215 g/mol. The van der Waals surface area contributed by atoms with Gasteiger partial charge in [-0.15, -0.1) is 0 Å². The fourth-order valence-corrected chi connectivity index (χ4v) is 0.390. The average Bonchev–Trinajstić information content (AvgIpc) is 1.66. The maximum absolute atomic E-state index is 5.27. The second kappa shape index (κ2) is 5.08. The Bertz CT molecular complexity index is 103.